The summed E-state index contributed by atoms with van der Waals surface area (Å²) in [6.07, 6.45) is -2.70. The third-order valence-corrected chi connectivity index (χ3v) is 4.47. The number of hydrogen-bond donors (Lipinski definition) is 1. The van der Waals surface area contributed by atoms with Crippen LogP contribution in [0.2, 0.25) is 0 Å². The lowest BCUT2D eigenvalue weighted by Gasteiger charge is -2.22. The number of terminal acetylenes is 1. The second-order valence-electron chi connectivity index (χ2n) is 3.83. The molecule has 110 valence electrons. The van der Waals surface area contributed by atoms with E-state index in [2.05, 4.69) is 11.7 Å². The number of primary amides is 1. The summed E-state index contributed by atoms with van der Waals surface area (Å²) in [5, 5.41) is -3.52. The number of carbonyl (C=O) groups is 1. The number of unbranched alkanes of at least 4 members (excludes halogenated alkanes) is 1. The molecule has 0 radical (unpaired) electrons. The summed E-state index contributed by atoms with van der Waals surface area (Å²) >= 11 is 0. The van der Waals surface area contributed by atoms with Gasteiger partial charge < -0.3 is 5.73 Å². The largest absolute Gasteiger partial charge is 0.390 e. The molecular weight excluding hydrogens is 290 g/mol. The van der Waals surface area contributed by atoms with Crippen molar-refractivity contribution in [1.82, 2.24) is 0 Å². The smallest absolute Gasteiger partial charge is 0.366 e. The molecule has 0 aliphatic rings. The molecule has 0 aromatic heterocycles. The molecule has 0 aromatic rings. The van der Waals surface area contributed by atoms with E-state index in [0.29, 0.717) is 0 Å². The standard InChI is InChI=1S/C10H13F4NO3S/c1-2-3-4-5-9(11,8(15)16)19(17,18)7-6-10(12,13)14/h1H,3-7H2,(H2,15,16). The minimum absolute atomic E-state index is 0.0201. The molecule has 0 spiro atoms. The lowest BCUT2D eigenvalue weighted by Crippen LogP contribution is -2.48. The fourth-order valence-electron chi connectivity index (χ4n) is 1.26. The molecule has 0 heterocycles. The third-order valence-electron chi connectivity index (χ3n) is 2.33. The van der Waals surface area contributed by atoms with Crippen molar-refractivity contribution in [2.24, 2.45) is 5.73 Å². The van der Waals surface area contributed by atoms with Crippen molar-refractivity contribution in [1.29, 1.82) is 0 Å². The molecule has 1 amide bonds. The molecule has 0 saturated heterocycles. The SMILES string of the molecule is C#CCCCC(F)(C(N)=O)S(=O)(=O)CCC(F)(F)F. The zero-order chi connectivity index (χ0) is 15.3. The summed E-state index contributed by atoms with van der Waals surface area (Å²) in [5.74, 6) is -1.27. The van der Waals surface area contributed by atoms with Crippen LogP contribution in [0.5, 0.6) is 0 Å². The Balaban J connectivity index is 5.06. The summed E-state index contributed by atoms with van der Waals surface area (Å²) < 4.78 is 73.0. The Morgan fingerprint density at radius 1 is 1.21 bits per heavy atom. The summed E-state index contributed by atoms with van der Waals surface area (Å²) in [6.45, 7) is 0. The Morgan fingerprint density at radius 3 is 2.11 bits per heavy atom. The van der Waals surface area contributed by atoms with Crippen molar-refractivity contribution >= 4 is 15.7 Å². The second-order valence-corrected chi connectivity index (χ2v) is 6.12. The summed E-state index contributed by atoms with van der Waals surface area (Å²) in [7, 11) is -4.96. The fourth-order valence-corrected chi connectivity index (χ4v) is 2.85. The van der Waals surface area contributed by atoms with E-state index in [1.165, 1.54) is 0 Å². The summed E-state index contributed by atoms with van der Waals surface area (Å²) in [4.78, 5) is 10.9. The average molecular weight is 303 g/mol. The normalized spacial score (nSPS) is 15.5. The number of hydrogen-bond acceptors (Lipinski definition) is 3. The van der Waals surface area contributed by atoms with Crippen LogP contribution in [0, 0.1) is 12.3 Å². The molecule has 0 rings (SSSR count). The average Bonchev–Trinajstić information content (AvgIpc) is 2.25. The van der Waals surface area contributed by atoms with Crippen molar-refractivity contribution in [3.63, 3.8) is 0 Å². The highest BCUT2D eigenvalue weighted by atomic mass is 32.2. The maximum atomic E-state index is 14.1. The van der Waals surface area contributed by atoms with E-state index in [9.17, 15) is 30.8 Å². The van der Waals surface area contributed by atoms with Crippen LogP contribution in [0.25, 0.3) is 0 Å². The number of amides is 1. The highest BCUT2D eigenvalue weighted by Crippen LogP contribution is 2.30. The third kappa shape index (κ3) is 5.06. The number of halogens is 4. The van der Waals surface area contributed by atoms with E-state index in [0.717, 1.165) is 0 Å². The Bertz CT molecular complexity index is 466. The minimum Gasteiger partial charge on any atom is -0.366 e. The lowest BCUT2D eigenvalue weighted by molar-refractivity contribution is -0.131. The van der Waals surface area contributed by atoms with E-state index in [1.54, 1.807) is 0 Å². The Hall–Kier alpha value is -1.30. The van der Waals surface area contributed by atoms with Gasteiger partial charge in [0.05, 0.1) is 12.2 Å². The number of carbonyl (C=O) groups excluding carboxylic acids is 1. The predicted molar refractivity (Wildman–Crippen MR) is 60.2 cm³/mol. The second kappa shape index (κ2) is 6.23. The van der Waals surface area contributed by atoms with Crippen molar-refractivity contribution in [3.8, 4) is 12.3 Å². The number of sulfone groups is 1. The number of nitrogens with two attached hydrogens (primary N) is 1. The lowest BCUT2D eigenvalue weighted by atomic mass is 10.1. The first-order valence-corrected chi connectivity index (χ1v) is 6.83. The molecule has 0 bridgehead atoms. The van der Waals surface area contributed by atoms with Crippen molar-refractivity contribution in [3.05, 3.63) is 0 Å². The van der Waals surface area contributed by atoms with Crippen LogP contribution in [0.3, 0.4) is 0 Å². The summed E-state index contributed by atoms with van der Waals surface area (Å²) in [5.41, 5.74) is 4.65. The maximum absolute atomic E-state index is 14.1. The van der Waals surface area contributed by atoms with Gasteiger partial charge in [-0.25, -0.2) is 12.8 Å². The van der Waals surface area contributed by atoms with E-state index >= 15 is 0 Å². The van der Waals surface area contributed by atoms with Gasteiger partial charge in [0.15, 0.2) is 9.84 Å². The molecule has 0 fully saturated rings. The first kappa shape index (κ1) is 17.7. The van der Waals surface area contributed by atoms with Crippen molar-refractivity contribution < 1.29 is 30.8 Å². The Kier molecular flexibility index (Phi) is 5.81. The zero-order valence-corrected chi connectivity index (χ0v) is 10.7. The van der Waals surface area contributed by atoms with Gasteiger partial charge in [-0.15, -0.1) is 12.3 Å². The number of alkyl halides is 4. The summed E-state index contributed by atoms with van der Waals surface area (Å²) in [6, 6.07) is 0. The van der Waals surface area contributed by atoms with E-state index in [-0.39, 0.29) is 12.8 Å². The van der Waals surface area contributed by atoms with Crippen LogP contribution in [-0.2, 0) is 14.6 Å². The van der Waals surface area contributed by atoms with Gasteiger partial charge in [0, 0.05) is 12.8 Å². The van der Waals surface area contributed by atoms with Gasteiger partial charge in [0.2, 0.25) is 0 Å². The van der Waals surface area contributed by atoms with Gasteiger partial charge in [0.1, 0.15) is 0 Å². The fraction of sp³-hybridized carbons (Fsp3) is 0.700. The molecule has 0 aliphatic heterocycles. The quantitative estimate of drug-likeness (QED) is 0.437. The molecule has 1 atom stereocenters. The molecule has 9 heteroatoms. The Morgan fingerprint density at radius 2 is 1.74 bits per heavy atom. The van der Waals surface area contributed by atoms with Gasteiger partial charge in [-0.05, 0) is 6.42 Å². The minimum atomic E-state index is -4.96. The molecule has 1 unspecified atom stereocenters. The van der Waals surface area contributed by atoms with Gasteiger partial charge in [-0.2, -0.15) is 13.2 Å². The van der Waals surface area contributed by atoms with Crippen molar-refractivity contribution in [2.75, 3.05) is 5.75 Å². The topological polar surface area (TPSA) is 77.2 Å². The van der Waals surface area contributed by atoms with Gasteiger partial charge in [-0.3, -0.25) is 4.79 Å². The van der Waals surface area contributed by atoms with Crippen LogP contribution < -0.4 is 5.73 Å². The van der Waals surface area contributed by atoms with Gasteiger partial charge in [-0.1, -0.05) is 0 Å². The van der Waals surface area contributed by atoms with Crippen LogP contribution in [-0.4, -0.2) is 31.3 Å². The maximum Gasteiger partial charge on any atom is 0.390 e. The van der Waals surface area contributed by atoms with Crippen LogP contribution in [0.4, 0.5) is 17.6 Å². The highest BCUT2D eigenvalue weighted by Gasteiger charge is 2.50. The molecule has 4 nitrogen and oxygen atoms in total. The van der Waals surface area contributed by atoms with Gasteiger partial charge >= 0.3 is 6.18 Å². The van der Waals surface area contributed by atoms with Crippen LogP contribution in [0.15, 0.2) is 0 Å². The van der Waals surface area contributed by atoms with E-state index < -0.39 is 45.5 Å². The van der Waals surface area contributed by atoms with Crippen LogP contribution in [0.1, 0.15) is 25.7 Å². The first-order chi connectivity index (χ1) is 8.46. The molecule has 2 N–H and O–H groups in total. The van der Waals surface area contributed by atoms with E-state index in [1.807, 2.05) is 0 Å². The monoisotopic (exact) mass is 303 g/mol. The van der Waals surface area contributed by atoms with Gasteiger partial charge in [0.25, 0.3) is 10.9 Å². The van der Waals surface area contributed by atoms with Crippen LogP contribution >= 0.6 is 0 Å². The molecule has 19 heavy (non-hydrogen) atoms. The molecule has 0 saturated carbocycles. The predicted octanol–water partition coefficient (Wildman–Crippen LogP) is 1.31. The van der Waals surface area contributed by atoms with E-state index in [4.69, 9.17) is 6.42 Å². The van der Waals surface area contributed by atoms with Crippen molar-refractivity contribution in [2.45, 2.75) is 36.9 Å². The Labute approximate surface area is 108 Å². The number of rotatable bonds is 7. The zero-order valence-electron chi connectivity index (χ0n) is 9.84. The first-order valence-electron chi connectivity index (χ1n) is 5.17. The molecular formula is C10H13F4NO3S. The highest BCUT2D eigenvalue weighted by molar-refractivity contribution is 7.93. The molecule has 0 aromatic carbocycles. The molecule has 0 aliphatic carbocycles.